The lowest BCUT2D eigenvalue weighted by Gasteiger charge is -2.32. The van der Waals surface area contributed by atoms with Gasteiger partial charge in [0, 0.05) is 53.5 Å². The van der Waals surface area contributed by atoms with Crippen molar-refractivity contribution in [1.29, 1.82) is 0 Å². The molecule has 5 rings (SSSR count). The van der Waals surface area contributed by atoms with Gasteiger partial charge in [0.2, 0.25) is 11.8 Å². The predicted octanol–water partition coefficient (Wildman–Crippen LogP) is 7.44. The summed E-state index contributed by atoms with van der Waals surface area (Å²) in [6.45, 7) is 3.14. The van der Waals surface area contributed by atoms with E-state index in [0.29, 0.717) is 47.1 Å². The summed E-state index contributed by atoms with van der Waals surface area (Å²) in [7, 11) is 0. The number of unbranched alkanes of at least 4 members (excludes halogenated alkanes) is 1. The maximum atomic E-state index is 14.0. The van der Waals surface area contributed by atoms with Crippen molar-refractivity contribution in [3.8, 4) is 0 Å². The maximum Gasteiger partial charge on any atom is 0.258 e. The Balaban J connectivity index is 1.38. The molecule has 0 saturated carbocycles. The van der Waals surface area contributed by atoms with Gasteiger partial charge in [-0.1, -0.05) is 97.2 Å². The van der Waals surface area contributed by atoms with Crippen LogP contribution in [0.3, 0.4) is 0 Å². The lowest BCUT2D eigenvalue weighted by molar-refractivity contribution is -0.141. The Labute approximate surface area is 262 Å². The largest absolute Gasteiger partial charge is 0.354 e. The first kappa shape index (κ1) is 30.6. The quantitative estimate of drug-likeness (QED) is 0.159. The van der Waals surface area contributed by atoms with Crippen molar-refractivity contribution in [3.63, 3.8) is 0 Å². The number of carbonyl (C=O) groups excluding carboxylic acids is 3. The summed E-state index contributed by atoms with van der Waals surface area (Å²) in [6, 6.07) is 25.8. The van der Waals surface area contributed by atoms with Crippen LogP contribution >= 0.6 is 23.2 Å². The van der Waals surface area contributed by atoms with Gasteiger partial charge in [0.25, 0.3) is 5.91 Å². The van der Waals surface area contributed by atoms with Crippen molar-refractivity contribution in [1.82, 2.24) is 10.2 Å². The molecule has 0 aromatic heterocycles. The zero-order valence-electron chi connectivity index (χ0n) is 24.2. The number of anilines is 1. The molecule has 1 N–H and O–H groups in total. The fraction of sp³-hybridized carbons (Fsp3) is 0.286. The highest BCUT2D eigenvalue weighted by molar-refractivity contribution is 6.35. The van der Waals surface area contributed by atoms with Crippen LogP contribution in [0.1, 0.15) is 54.1 Å². The van der Waals surface area contributed by atoms with E-state index < -0.39 is 6.04 Å². The summed E-state index contributed by atoms with van der Waals surface area (Å²) in [5.41, 5.74) is 3.21. The van der Waals surface area contributed by atoms with Gasteiger partial charge in [-0.3, -0.25) is 14.4 Å². The maximum absolute atomic E-state index is 14.0. The van der Waals surface area contributed by atoms with Crippen LogP contribution in [0.25, 0.3) is 10.8 Å². The van der Waals surface area contributed by atoms with Crippen LogP contribution in [-0.4, -0.2) is 41.8 Å². The molecule has 1 heterocycles. The van der Waals surface area contributed by atoms with E-state index in [1.54, 1.807) is 28.0 Å². The number of hydrogen-bond acceptors (Lipinski definition) is 3. The minimum Gasteiger partial charge on any atom is -0.354 e. The van der Waals surface area contributed by atoms with E-state index in [9.17, 15) is 14.4 Å². The molecular weight excluding hydrogens is 581 g/mol. The number of amides is 3. The molecule has 0 aliphatic carbocycles. The monoisotopic (exact) mass is 615 g/mol. The first-order chi connectivity index (χ1) is 20.9. The van der Waals surface area contributed by atoms with Gasteiger partial charge in [-0.05, 0) is 53.6 Å². The molecule has 6 nitrogen and oxygen atoms in total. The van der Waals surface area contributed by atoms with Crippen LogP contribution in [0.15, 0.2) is 84.9 Å². The Morgan fingerprint density at radius 2 is 1.70 bits per heavy atom. The highest BCUT2D eigenvalue weighted by atomic mass is 35.5. The summed E-state index contributed by atoms with van der Waals surface area (Å²) in [4.78, 5) is 44.3. The Hall–Kier alpha value is -3.87. The molecule has 0 unspecified atom stereocenters. The molecule has 0 bridgehead atoms. The second-order valence-corrected chi connectivity index (χ2v) is 11.7. The highest BCUT2D eigenvalue weighted by Gasteiger charge is 2.32. The van der Waals surface area contributed by atoms with E-state index in [1.807, 2.05) is 66.7 Å². The summed E-state index contributed by atoms with van der Waals surface area (Å²) < 4.78 is 0. The zero-order valence-corrected chi connectivity index (χ0v) is 25.7. The van der Waals surface area contributed by atoms with E-state index >= 15 is 0 Å². The minimum atomic E-state index is -0.745. The highest BCUT2D eigenvalue weighted by Crippen LogP contribution is 2.37. The molecule has 4 aromatic rings. The van der Waals surface area contributed by atoms with Crippen LogP contribution < -0.4 is 10.2 Å². The number of halogens is 2. The molecule has 0 saturated heterocycles. The molecule has 1 aliphatic heterocycles. The third kappa shape index (κ3) is 7.03. The number of benzene rings is 4. The predicted molar refractivity (Wildman–Crippen MR) is 174 cm³/mol. The molecule has 4 aromatic carbocycles. The lowest BCUT2D eigenvalue weighted by Crippen LogP contribution is -2.50. The molecule has 0 spiro atoms. The molecule has 8 heteroatoms. The molecule has 222 valence electrons. The standard InChI is InChI=1S/C35H35Cl2N3O3/c1-2-3-19-38-34(42)31(21-24-10-5-4-6-11-24)40(23-26-17-18-27(36)22-29(26)37)32(41)16-9-20-39-30-15-8-13-25-12-7-14-28(33(25)30)35(39)43/h4-8,10-15,17-18,22,31H,2-3,9,16,19-21,23H2,1H3,(H,38,42)/t31-/m0/s1. The van der Waals surface area contributed by atoms with Crippen molar-refractivity contribution in [2.75, 3.05) is 18.0 Å². The number of nitrogens with one attached hydrogen (secondary N) is 1. The van der Waals surface area contributed by atoms with Crippen molar-refractivity contribution in [2.45, 2.75) is 51.6 Å². The van der Waals surface area contributed by atoms with Crippen molar-refractivity contribution in [3.05, 3.63) is 112 Å². The fourth-order valence-electron chi connectivity index (χ4n) is 5.63. The number of nitrogens with zero attached hydrogens (tertiary/aromatic N) is 2. The van der Waals surface area contributed by atoms with Crippen molar-refractivity contribution in [2.24, 2.45) is 0 Å². The van der Waals surface area contributed by atoms with Crippen LogP contribution in [0, 0.1) is 0 Å². The Morgan fingerprint density at radius 3 is 2.44 bits per heavy atom. The molecule has 3 amide bonds. The third-order valence-corrected chi connectivity index (χ3v) is 8.46. The summed E-state index contributed by atoms with van der Waals surface area (Å²) in [5.74, 6) is -0.436. The molecule has 43 heavy (non-hydrogen) atoms. The second kappa shape index (κ2) is 14.1. The van der Waals surface area contributed by atoms with Crippen molar-refractivity contribution >= 4 is 57.4 Å². The van der Waals surface area contributed by atoms with Crippen molar-refractivity contribution < 1.29 is 14.4 Å². The normalized spacial score (nSPS) is 12.9. The zero-order chi connectivity index (χ0) is 30.3. The number of hydrogen-bond donors (Lipinski definition) is 1. The van der Waals surface area contributed by atoms with Gasteiger partial charge in [0.1, 0.15) is 6.04 Å². The van der Waals surface area contributed by atoms with Crippen LogP contribution in [-0.2, 0) is 22.6 Å². The van der Waals surface area contributed by atoms with E-state index in [1.165, 1.54) is 0 Å². The number of rotatable bonds is 13. The van der Waals surface area contributed by atoms with Crippen LogP contribution in [0.4, 0.5) is 5.69 Å². The Bertz CT molecular complexity index is 1620. The summed E-state index contributed by atoms with van der Waals surface area (Å²) >= 11 is 12.7. The van der Waals surface area contributed by atoms with Gasteiger partial charge in [0.15, 0.2) is 0 Å². The molecular formula is C35H35Cl2N3O3. The lowest BCUT2D eigenvalue weighted by atomic mass is 10.0. The summed E-state index contributed by atoms with van der Waals surface area (Å²) in [5, 5.41) is 5.94. The van der Waals surface area contributed by atoms with E-state index in [4.69, 9.17) is 23.2 Å². The molecule has 1 atom stereocenters. The first-order valence-electron chi connectivity index (χ1n) is 14.8. The van der Waals surface area contributed by atoms with E-state index in [2.05, 4.69) is 12.2 Å². The fourth-order valence-corrected chi connectivity index (χ4v) is 6.09. The van der Waals surface area contributed by atoms with E-state index in [-0.39, 0.29) is 30.7 Å². The van der Waals surface area contributed by atoms with Gasteiger partial charge < -0.3 is 15.1 Å². The molecule has 1 aliphatic rings. The Morgan fingerprint density at radius 1 is 0.930 bits per heavy atom. The van der Waals surface area contributed by atoms with Gasteiger partial charge in [0.05, 0.1) is 5.69 Å². The topological polar surface area (TPSA) is 69.7 Å². The van der Waals surface area contributed by atoms with Crippen LogP contribution in [0.2, 0.25) is 10.0 Å². The average Bonchev–Trinajstić information content (AvgIpc) is 3.28. The molecule has 0 fully saturated rings. The van der Waals surface area contributed by atoms with Gasteiger partial charge in [-0.25, -0.2) is 0 Å². The average molecular weight is 617 g/mol. The third-order valence-electron chi connectivity index (χ3n) is 7.88. The Kier molecular flexibility index (Phi) is 10.0. The van der Waals surface area contributed by atoms with Crippen LogP contribution in [0.5, 0.6) is 0 Å². The van der Waals surface area contributed by atoms with Gasteiger partial charge >= 0.3 is 0 Å². The van der Waals surface area contributed by atoms with Gasteiger partial charge in [-0.15, -0.1) is 0 Å². The SMILES string of the molecule is CCCCNC(=O)[C@H](Cc1ccccc1)N(Cc1ccc(Cl)cc1Cl)C(=O)CCCN1C(=O)c2cccc3cccc1c23. The summed E-state index contributed by atoms with van der Waals surface area (Å²) in [6.07, 6.45) is 2.75. The molecule has 0 radical (unpaired) electrons. The van der Waals surface area contributed by atoms with E-state index in [0.717, 1.165) is 34.9 Å². The second-order valence-electron chi connectivity index (χ2n) is 10.8. The minimum absolute atomic E-state index is 0.0543. The first-order valence-corrected chi connectivity index (χ1v) is 15.5. The number of carbonyl (C=O) groups is 3. The smallest absolute Gasteiger partial charge is 0.258 e. The van der Waals surface area contributed by atoms with Gasteiger partial charge in [-0.2, -0.15) is 0 Å².